The number of nitro groups is 1. The third kappa shape index (κ3) is 4.09. The number of aliphatic imine (C=N–C) groups is 1. The lowest BCUT2D eigenvalue weighted by Crippen LogP contribution is -2.43. The van der Waals surface area contributed by atoms with Crippen molar-refractivity contribution in [3.05, 3.63) is 69.8 Å². The maximum absolute atomic E-state index is 12.9. The van der Waals surface area contributed by atoms with E-state index in [1.165, 1.54) is 18.2 Å². The van der Waals surface area contributed by atoms with Gasteiger partial charge >= 0.3 is 5.97 Å². The summed E-state index contributed by atoms with van der Waals surface area (Å²) in [6.45, 7) is 1.37. The zero-order valence-corrected chi connectivity index (χ0v) is 15.2. The van der Waals surface area contributed by atoms with E-state index in [0.29, 0.717) is 25.9 Å². The third-order valence-electron chi connectivity index (χ3n) is 4.57. The second-order valence-corrected chi connectivity index (χ2v) is 6.34. The fourth-order valence-corrected chi connectivity index (χ4v) is 3.33. The van der Waals surface area contributed by atoms with Gasteiger partial charge in [-0.3, -0.25) is 10.1 Å². The van der Waals surface area contributed by atoms with E-state index in [2.05, 4.69) is 27.7 Å². The van der Waals surface area contributed by atoms with E-state index in [0.717, 1.165) is 5.56 Å². The lowest BCUT2D eigenvalue weighted by molar-refractivity contribution is -0.385. The molecule has 0 aromatic heterocycles. The predicted molar refractivity (Wildman–Crippen MR) is 103 cm³/mol. The second kappa shape index (κ2) is 8.18. The van der Waals surface area contributed by atoms with Gasteiger partial charge in [0.1, 0.15) is 11.2 Å². The van der Waals surface area contributed by atoms with Gasteiger partial charge < -0.3 is 10.1 Å². The van der Waals surface area contributed by atoms with Gasteiger partial charge in [0.2, 0.25) is 0 Å². The summed E-state index contributed by atoms with van der Waals surface area (Å²) >= 11 is 4.52. The van der Waals surface area contributed by atoms with Gasteiger partial charge in [-0.05, 0) is 43.0 Å². The normalized spacial score (nSPS) is 15.4. The molecule has 1 aliphatic rings. The summed E-state index contributed by atoms with van der Waals surface area (Å²) in [6.07, 6.45) is 1.17. The Labute approximate surface area is 161 Å². The Morgan fingerprint density at radius 3 is 2.56 bits per heavy atom. The quantitative estimate of drug-likeness (QED) is 0.278. The lowest BCUT2D eigenvalue weighted by Gasteiger charge is -2.37. The van der Waals surface area contributed by atoms with Crippen LogP contribution in [-0.2, 0) is 10.3 Å². The van der Waals surface area contributed by atoms with Gasteiger partial charge in [-0.25, -0.2) is 4.79 Å². The second-order valence-electron chi connectivity index (χ2n) is 6.16. The highest BCUT2D eigenvalue weighted by Gasteiger charge is 2.39. The Kier molecular flexibility index (Phi) is 5.71. The van der Waals surface area contributed by atoms with Gasteiger partial charge in [0.25, 0.3) is 5.69 Å². The van der Waals surface area contributed by atoms with Crippen molar-refractivity contribution in [1.29, 1.82) is 0 Å². The predicted octanol–water partition coefficient (Wildman–Crippen LogP) is 3.76. The highest BCUT2D eigenvalue weighted by molar-refractivity contribution is 7.78. The Balaban J connectivity index is 1.97. The number of carbonyl (C=O) groups excluding carboxylic acids is 1. The van der Waals surface area contributed by atoms with Crippen molar-refractivity contribution in [3.8, 4) is 0 Å². The first-order valence-electron chi connectivity index (χ1n) is 8.42. The molecule has 1 saturated heterocycles. The minimum absolute atomic E-state index is 0.114. The summed E-state index contributed by atoms with van der Waals surface area (Å²) in [4.78, 5) is 27.4. The SMILES string of the molecule is O=C(OC1(c2ccccc2)CCNCC1)c1ccc(N=C=S)cc1[N+](=O)[O-]. The van der Waals surface area contributed by atoms with Crippen LogP contribution < -0.4 is 5.32 Å². The Morgan fingerprint density at radius 1 is 1.22 bits per heavy atom. The number of ether oxygens (including phenoxy) is 1. The Morgan fingerprint density at radius 2 is 1.93 bits per heavy atom. The number of piperidine rings is 1. The molecule has 8 heteroatoms. The number of hydrogen-bond donors (Lipinski definition) is 1. The fourth-order valence-electron chi connectivity index (χ4n) is 3.22. The van der Waals surface area contributed by atoms with Crippen LogP contribution in [0.15, 0.2) is 53.5 Å². The van der Waals surface area contributed by atoms with E-state index in [1.54, 1.807) is 0 Å². The molecule has 27 heavy (non-hydrogen) atoms. The summed E-state index contributed by atoms with van der Waals surface area (Å²) in [7, 11) is 0. The molecule has 0 spiro atoms. The highest BCUT2D eigenvalue weighted by atomic mass is 32.1. The maximum atomic E-state index is 12.9. The van der Waals surface area contributed by atoms with Gasteiger partial charge in [0, 0.05) is 18.9 Å². The summed E-state index contributed by atoms with van der Waals surface area (Å²) in [5.41, 5.74) is -0.166. The van der Waals surface area contributed by atoms with E-state index >= 15 is 0 Å². The molecule has 138 valence electrons. The van der Waals surface area contributed by atoms with Gasteiger partial charge in [-0.1, -0.05) is 30.3 Å². The van der Waals surface area contributed by atoms with Crippen LogP contribution in [0.1, 0.15) is 28.8 Å². The molecule has 0 saturated carbocycles. The van der Waals surface area contributed by atoms with E-state index in [4.69, 9.17) is 4.74 Å². The van der Waals surface area contributed by atoms with E-state index in [9.17, 15) is 14.9 Å². The van der Waals surface area contributed by atoms with E-state index in [1.807, 2.05) is 30.3 Å². The van der Waals surface area contributed by atoms with Crippen molar-refractivity contribution in [3.63, 3.8) is 0 Å². The average molecular weight is 383 g/mol. The van der Waals surface area contributed by atoms with Crippen LogP contribution in [0.3, 0.4) is 0 Å². The first-order chi connectivity index (χ1) is 13.1. The first-order valence-corrected chi connectivity index (χ1v) is 8.82. The molecule has 2 aromatic rings. The molecule has 0 unspecified atom stereocenters. The standard InChI is InChI=1S/C19H17N3O4S/c23-18(16-7-6-15(21-13-27)12-17(16)22(24)25)26-19(8-10-20-11-9-19)14-4-2-1-3-5-14/h1-7,12,20H,8-11H2. The molecular formula is C19H17N3O4S. The maximum Gasteiger partial charge on any atom is 0.346 e. The summed E-state index contributed by atoms with van der Waals surface area (Å²) in [5, 5.41) is 16.8. The number of benzene rings is 2. The van der Waals surface area contributed by atoms with Crippen LogP contribution in [0.4, 0.5) is 11.4 Å². The minimum atomic E-state index is -0.817. The fraction of sp³-hybridized carbons (Fsp3) is 0.263. The van der Waals surface area contributed by atoms with Crippen LogP contribution >= 0.6 is 12.2 Å². The number of carbonyl (C=O) groups is 1. The largest absolute Gasteiger partial charge is 0.450 e. The minimum Gasteiger partial charge on any atom is -0.450 e. The Bertz CT molecular complexity index is 904. The molecule has 0 bridgehead atoms. The number of nitrogens with zero attached hydrogens (tertiary/aromatic N) is 2. The summed E-state index contributed by atoms with van der Waals surface area (Å²) in [6, 6.07) is 13.5. The number of rotatable bonds is 5. The monoisotopic (exact) mass is 383 g/mol. The number of isothiocyanates is 1. The van der Waals surface area contributed by atoms with Crippen molar-refractivity contribution in [2.24, 2.45) is 4.99 Å². The zero-order chi connectivity index (χ0) is 19.3. The summed E-state index contributed by atoms with van der Waals surface area (Å²) < 4.78 is 5.89. The number of thiocarbonyl (C=S) groups is 1. The van der Waals surface area contributed by atoms with Crippen LogP contribution in [0.25, 0.3) is 0 Å². The molecule has 1 aliphatic heterocycles. The Hall–Kier alpha value is -2.93. The van der Waals surface area contributed by atoms with Gasteiger partial charge in [-0.15, -0.1) is 0 Å². The third-order valence-corrected chi connectivity index (χ3v) is 4.66. The molecular weight excluding hydrogens is 366 g/mol. The van der Waals surface area contributed by atoms with Gasteiger partial charge in [-0.2, -0.15) is 4.99 Å². The van der Waals surface area contributed by atoms with Crippen molar-refractivity contribution in [2.75, 3.05) is 13.1 Å². The number of nitro benzene ring substituents is 1. The molecule has 0 aliphatic carbocycles. The summed E-state index contributed by atoms with van der Waals surface area (Å²) in [5.74, 6) is -0.731. The van der Waals surface area contributed by atoms with Crippen molar-refractivity contribution < 1.29 is 14.5 Å². The number of esters is 1. The van der Waals surface area contributed by atoms with Crippen LogP contribution in [0.2, 0.25) is 0 Å². The van der Waals surface area contributed by atoms with E-state index in [-0.39, 0.29) is 16.9 Å². The molecule has 1 N–H and O–H groups in total. The molecule has 1 heterocycles. The first kappa shape index (κ1) is 18.8. The number of nitrogens with one attached hydrogen (secondary N) is 1. The molecule has 1 fully saturated rings. The van der Waals surface area contributed by atoms with Crippen LogP contribution in [0, 0.1) is 10.1 Å². The van der Waals surface area contributed by atoms with Crippen molar-refractivity contribution in [1.82, 2.24) is 5.32 Å². The highest BCUT2D eigenvalue weighted by Crippen LogP contribution is 2.37. The van der Waals surface area contributed by atoms with Crippen LogP contribution in [-0.4, -0.2) is 29.1 Å². The average Bonchev–Trinajstić information content (AvgIpc) is 2.69. The molecule has 2 aromatic carbocycles. The molecule has 3 rings (SSSR count). The van der Waals surface area contributed by atoms with Crippen molar-refractivity contribution >= 4 is 34.7 Å². The smallest absolute Gasteiger partial charge is 0.346 e. The number of hydrogen-bond acceptors (Lipinski definition) is 7. The molecule has 7 nitrogen and oxygen atoms in total. The van der Waals surface area contributed by atoms with Crippen LogP contribution in [0.5, 0.6) is 0 Å². The zero-order valence-electron chi connectivity index (χ0n) is 14.4. The van der Waals surface area contributed by atoms with Gasteiger partial charge in [0.05, 0.1) is 15.8 Å². The lowest BCUT2D eigenvalue weighted by atomic mass is 9.84. The molecule has 0 amide bonds. The van der Waals surface area contributed by atoms with E-state index < -0.39 is 16.5 Å². The van der Waals surface area contributed by atoms with Gasteiger partial charge in [0.15, 0.2) is 0 Å². The molecule has 0 radical (unpaired) electrons. The molecule has 0 atom stereocenters. The van der Waals surface area contributed by atoms with Crippen molar-refractivity contribution in [2.45, 2.75) is 18.4 Å². The topological polar surface area (TPSA) is 93.8 Å².